The summed E-state index contributed by atoms with van der Waals surface area (Å²) in [4.78, 5) is 30.2. The van der Waals surface area contributed by atoms with Crippen molar-refractivity contribution in [2.75, 3.05) is 18.0 Å². The molecule has 1 aromatic heterocycles. The first-order valence-electron chi connectivity index (χ1n) is 8.31. The van der Waals surface area contributed by atoms with Gasteiger partial charge < -0.3 is 14.4 Å². The van der Waals surface area contributed by atoms with Crippen molar-refractivity contribution < 1.29 is 19.1 Å². The smallest absolute Gasteiger partial charge is 0.333 e. The molecule has 4 heterocycles. The molecule has 25 heavy (non-hydrogen) atoms. The molecule has 3 aliphatic rings. The number of pyridine rings is 1. The molecule has 0 radical (unpaired) electrons. The number of halogens is 1. The van der Waals surface area contributed by atoms with Crippen LogP contribution in [0.2, 0.25) is 5.15 Å². The molecule has 3 atom stereocenters. The molecule has 0 bridgehead atoms. The average molecular weight is 364 g/mol. The molecule has 0 amide bonds. The van der Waals surface area contributed by atoms with E-state index in [0.717, 1.165) is 36.2 Å². The fraction of sp³-hybridized carbons (Fsp3) is 0.471. The van der Waals surface area contributed by atoms with Crippen molar-refractivity contribution in [3.63, 3.8) is 0 Å². The van der Waals surface area contributed by atoms with Crippen molar-refractivity contribution in [2.24, 2.45) is 5.92 Å². The Balaban J connectivity index is 1.76. The van der Waals surface area contributed by atoms with Crippen LogP contribution >= 0.6 is 11.6 Å². The van der Waals surface area contributed by atoms with Crippen LogP contribution in [-0.2, 0) is 25.5 Å². The molecule has 2 saturated heterocycles. The van der Waals surface area contributed by atoms with Gasteiger partial charge in [0.05, 0.1) is 11.9 Å². The number of esters is 2. The van der Waals surface area contributed by atoms with Gasteiger partial charge in [-0.2, -0.15) is 0 Å². The highest BCUT2D eigenvalue weighted by atomic mass is 35.5. The number of aryl methyl sites for hydroxylation is 1. The minimum atomic E-state index is -1.06. The van der Waals surface area contributed by atoms with E-state index in [1.165, 1.54) is 0 Å². The standard InChI is InChI=1S/C17H18ClN3O4/c1-2-10-7-12(8-20-15(10)18)21-9-11-5-6-19-16-17(11,21)25-14(23)4-3-13(22)24-16/h3-4,7-8,11,16,19H,2,5-6,9H2,1H3/b4-3+/t11-,16?,17+/m0/s1. The maximum atomic E-state index is 12.2. The van der Waals surface area contributed by atoms with Gasteiger partial charge in [0.2, 0.25) is 12.0 Å². The predicted octanol–water partition coefficient (Wildman–Crippen LogP) is 1.41. The number of nitrogens with one attached hydrogen (secondary N) is 1. The zero-order chi connectivity index (χ0) is 17.6. The molecule has 3 aliphatic heterocycles. The summed E-state index contributed by atoms with van der Waals surface area (Å²) in [6.45, 7) is 3.38. The van der Waals surface area contributed by atoms with Gasteiger partial charge in [-0.3, -0.25) is 5.32 Å². The summed E-state index contributed by atoms with van der Waals surface area (Å²) in [7, 11) is 0. The van der Waals surface area contributed by atoms with Gasteiger partial charge in [-0.25, -0.2) is 14.6 Å². The zero-order valence-electron chi connectivity index (χ0n) is 13.7. The van der Waals surface area contributed by atoms with E-state index in [1.54, 1.807) is 6.20 Å². The lowest BCUT2D eigenvalue weighted by molar-refractivity contribution is -0.224. The summed E-state index contributed by atoms with van der Waals surface area (Å²) < 4.78 is 11.3. The minimum absolute atomic E-state index is 0.0720. The highest BCUT2D eigenvalue weighted by Gasteiger charge is 2.65. The third-order valence-corrected chi connectivity index (χ3v) is 5.39. The lowest BCUT2D eigenvalue weighted by atomic mass is 9.77. The molecule has 1 spiro atoms. The van der Waals surface area contributed by atoms with Crippen LogP contribution in [0.25, 0.3) is 0 Å². The summed E-state index contributed by atoms with van der Waals surface area (Å²) in [6.07, 6.45) is 4.67. The van der Waals surface area contributed by atoms with E-state index in [9.17, 15) is 9.59 Å². The molecule has 0 aromatic carbocycles. The van der Waals surface area contributed by atoms with Crippen LogP contribution < -0.4 is 10.2 Å². The van der Waals surface area contributed by atoms with Crippen LogP contribution in [0, 0.1) is 5.92 Å². The summed E-state index contributed by atoms with van der Waals surface area (Å²) >= 11 is 6.12. The number of rotatable bonds is 2. The second kappa shape index (κ2) is 6.00. The van der Waals surface area contributed by atoms with Gasteiger partial charge in [-0.05, 0) is 31.0 Å². The Morgan fingerprint density at radius 3 is 3.00 bits per heavy atom. The Hall–Kier alpha value is -2.12. The molecular weight excluding hydrogens is 346 g/mol. The maximum absolute atomic E-state index is 12.2. The second-order valence-electron chi connectivity index (χ2n) is 6.37. The summed E-state index contributed by atoms with van der Waals surface area (Å²) in [5, 5.41) is 3.62. The van der Waals surface area contributed by atoms with E-state index in [4.69, 9.17) is 21.1 Å². The highest BCUT2D eigenvalue weighted by Crippen LogP contribution is 2.48. The maximum Gasteiger partial charge on any atom is 0.333 e. The first kappa shape index (κ1) is 16.4. The van der Waals surface area contributed by atoms with E-state index in [0.29, 0.717) is 18.2 Å². The summed E-state index contributed by atoms with van der Waals surface area (Å²) in [5.74, 6) is -1.05. The number of hydrogen-bond donors (Lipinski definition) is 1. The number of carbonyl (C=O) groups is 2. The number of anilines is 1. The SMILES string of the molecule is CCc1cc(N2C[C@@H]3CCNC4OC(=O)/C=C/C(=O)O[C@@]432)cnc1Cl. The van der Waals surface area contributed by atoms with Crippen LogP contribution in [0.4, 0.5) is 5.69 Å². The Labute approximate surface area is 149 Å². The molecule has 8 heteroatoms. The number of nitrogens with zero attached hydrogens (tertiary/aromatic N) is 2. The molecule has 2 fully saturated rings. The number of carbonyl (C=O) groups excluding carboxylic acids is 2. The molecule has 0 aliphatic carbocycles. The van der Waals surface area contributed by atoms with Gasteiger partial charge in [-0.1, -0.05) is 18.5 Å². The first-order chi connectivity index (χ1) is 12.0. The third-order valence-electron chi connectivity index (χ3n) is 5.05. The van der Waals surface area contributed by atoms with Gasteiger partial charge in [0.25, 0.3) is 0 Å². The molecule has 1 N–H and O–H groups in total. The fourth-order valence-corrected chi connectivity index (χ4v) is 4.02. The van der Waals surface area contributed by atoms with Crippen LogP contribution in [0.1, 0.15) is 18.9 Å². The van der Waals surface area contributed by atoms with Gasteiger partial charge in [0.1, 0.15) is 5.15 Å². The molecule has 4 rings (SSSR count). The second-order valence-corrected chi connectivity index (χ2v) is 6.73. The fourth-order valence-electron chi connectivity index (χ4n) is 3.78. The molecule has 132 valence electrons. The predicted molar refractivity (Wildman–Crippen MR) is 89.9 cm³/mol. The van der Waals surface area contributed by atoms with E-state index < -0.39 is 23.9 Å². The zero-order valence-corrected chi connectivity index (χ0v) is 14.5. The Kier molecular flexibility index (Phi) is 3.92. The number of piperidine rings is 1. The quantitative estimate of drug-likeness (QED) is 0.628. The molecule has 7 nitrogen and oxygen atoms in total. The van der Waals surface area contributed by atoms with E-state index in [2.05, 4.69) is 10.3 Å². The lowest BCUT2D eigenvalue weighted by Crippen LogP contribution is -2.80. The van der Waals surface area contributed by atoms with Crippen molar-refractivity contribution >= 4 is 29.2 Å². The van der Waals surface area contributed by atoms with Gasteiger partial charge >= 0.3 is 11.9 Å². The van der Waals surface area contributed by atoms with Crippen molar-refractivity contribution in [2.45, 2.75) is 31.7 Å². The minimum Gasteiger partial charge on any atom is -0.437 e. The number of hydrogen-bond acceptors (Lipinski definition) is 7. The first-order valence-corrected chi connectivity index (χ1v) is 8.69. The molecule has 0 saturated carbocycles. The van der Waals surface area contributed by atoms with Gasteiger partial charge in [0, 0.05) is 24.6 Å². The largest absolute Gasteiger partial charge is 0.437 e. The van der Waals surface area contributed by atoms with Crippen LogP contribution in [0.5, 0.6) is 0 Å². The van der Waals surface area contributed by atoms with Gasteiger partial charge in [0.15, 0.2) is 0 Å². The van der Waals surface area contributed by atoms with Crippen molar-refractivity contribution in [1.29, 1.82) is 0 Å². The van der Waals surface area contributed by atoms with E-state index in [1.807, 2.05) is 17.9 Å². The van der Waals surface area contributed by atoms with Crippen LogP contribution in [-0.4, -0.2) is 42.0 Å². The van der Waals surface area contributed by atoms with Crippen LogP contribution in [0.3, 0.4) is 0 Å². The molecule has 1 unspecified atom stereocenters. The normalized spacial score (nSPS) is 32.3. The van der Waals surface area contributed by atoms with Crippen LogP contribution in [0.15, 0.2) is 24.4 Å². The Morgan fingerprint density at radius 1 is 1.40 bits per heavy atom. The van der Waals surface area contributed by atoms with Gasteiger partial charge in [-0.15, -0.1) is 0 Å². The number of aromatic nitrogens is 1. The monoisotopic (exact) mass is 363 g/mol. The third kappa shape index (κ3) is 2.49. The Morgan fingerprint density at radius 2 is 2.20 bits per heavy atom. The topological polar surface area (TPSA) is 80.8 Å². The van der Waals surface area contributed by atoms with E-state index >= 15 is 0 Å². The molecule has 1 aromatic rings. The summed E-state index contributed by atoms with van der Waals surface area (Å²) in [5.41, 5.74) is 0.643. The Bertz CT molecular complexity index is 768. The van der Waals surface area contributed by atoms with Crippen molar-refractivity contribution in [3.05, 3.63) is 35.1 Å². The summed E-state index contributed by atoms with van der Waals surface area (Å²) in [6, 6.07) is 1.94. The average Bonchev–Trinajstić information content (AvgIpc) is 2.58. The van der Waals surface area contributed by atoms with E-state index in [-0.39, 0.29) is 5.92 Å². The number of ether oxygens (including phenoxy) is 2. The van der Waals surface area contributed by atoms with Crippen molar-refractivity contribution in [3.8, 4) is 0 Å². The highest BCUT2D eigenvalue weighted by molar-refractivity contribution is 6.30. The lowest BCUT2D eigenvalue weighted by Gasteiger charge is -2.62. The van der Waals surface area contributed by atoms with Crippen molar-refractivity contribution in [1.82, 2.24) is 10.3 Å². The molecular formula is C17H18ClN3O4.